The van der Waals surface area contributed by atoms with Crippen LogP contribution in [0.15, 0.2) is 42.7 Å². The molecular weight excluding hydrogens is 328 g/mol. The number of benzene rings is 1. The molecule has 7 heteroatoms. The van der Waals surface area contributed by atoms with E-state index in [1.165, 1.54) is 0 Å². The Morgan fingerprint density at radius 3 is 2.81 bits per heavy atom. The van der Waals surface area contributed by atoms with E-state index in [0.717, 1.165) is 35.4 Å². The lowest BCUT2D eigenvalue weighted by Gasteiger charge is -2.16. The van der Waals surface area contributed by atoms with Crippen LogP contribution in [0.4, 0.5) is 0 Å². The van der Waals surface area contributed by atoms with Crippen molar-refractivity contribution in [1.82, 2.24) is 24.6 Å². The minimum Gasteiger partial charge on any atom is -0.342 e. The van der Waals surface area contributed by atoms with E-state index in [1.807, 2.05) is 39.9 Å². The van der Waals surface area contributed by atoms with Gasteiger partial charge in [-0.05, 0) is 12.0 Å². The van der Waals surface area contributed by atoms with Crippen molar-refractivity contribution in [2.75, 3.05) is 19.6 Å². The first-order valence-corrected chi connectivity index (χ1v) is 8.95. The van der Waals surface area contributed by atoms with Crippen LogP contribution in [0, 0.1) is 0 Å². The molecule has 4 rings (SSSR count). The topological polar surface area (TPSA) is 89.9 Å². The van der Waals surface area contributed by atoms with Gasteiger partial charge in [-0.3, -0.25) is 4.79 Å². The molecule has 1 atom stereocenters. The zero-order valence-electron chi connectivity index (χ0n) is 14.6. The fourth-order valence-electron chi connectivity index (χ4n) is 3.57. The summed E-state index contributed by atoms with van der Waals surface area (Å²) < 4.78 is 1.83. The second-order valence-corrected chi connectivity index (χ2v) is 6.61. The van der Waals surface area contributed by atoms with E-state index in [0.29, 0.717) is 26.1 Å². The summed E-state index contributed by atoms with van der Waals surface area (Å²) in [4.78, 5) is 23.4. The van der Waals surface area contributed by atoms with Crippen molar-refractivity contribution in [1.29, 1.82) is 0 Å². The minimum atomic E-state index is 0.162. The van der Waals surface area contributed by atoms with Crippen molar-refractivity contribution < 1.29 is 4.79 Å². The summed E-state index contributed by atoms with van der Waals surface area (Å²) in [7, 11) is 0. The molecule has 134 valence electrons. The summed E-state index contributed by atoms with van der Waals surface area (Å²) >= 11 is 0. The van der Waals surface area contributed by atoms with Crippen LogP contribution in [0.3, 0.4) is 0 Å². The highest BCUT2D eigenvalue weighted by molar-refractivity contribution is 5.79. The lowest BCUT2D eigenvalue weighted by Crippen LogP contribution is -2.29. The zero-order valence-corrected chi connectivity index (χ0v) is 14.6. The van der Waals surface area contributed by atoms with Gasteiger partial charge in [0.15, 0.2) is 5.65 Å². The first-order valence-electron chi connectivity index (χ1n) is 8.95. The molecule has 2 aromatic heterocycles. The van der Waals surface area contributed by atoms with E-state index in [-0.39, 0.29) is 11.8 Å². The Balaban J connectivity index is 1.52. The molecule has 0 unspecified atom stereocenters. The number of likely N-dealkylation sites (tertiary alicyclic amines) is 1. The highest BCUT2D eigenvalue weighted by Crippen LogP contribution is 2.30. The summed E-state index contributed by atoms with van der Waals surface area (Å²) in [6.45, 7) is 2.54. The van der Waals surface area contributed by atoms with Gasteiger partial charge in [0.1, 0.15) is 5.52 Å². The summed E-state index contributed by atoms with van der Waals surface area (Å²) in [6, 6.07) is 9.87. The summed E-state index contributed by atoms with van der Waals surface area (Å²) in [5, 5.41) is 4.71. The molecule has 3 aromatic rings. The normalized spacial score (nSPS) is 17.1. The largest absolute Gasteiger partial charge is 0.342 e. The Kier molecular flexibility index (Phi) is 4.62. The van der Waals surface area contributed by atoms with Gasteiger partial charge in [0.05, 0.1) is 18.7 Å². The number of nitrogens with zero attached hydrogens (tertiary/aromatic N) is 5. The van der Waals surface area contributed by atoms with Crippen LogP contribution < -0.4 is 5.73 Å². The van der Waals surface area contributed by atoms with Crippen molar-refractivity contribution in [2.24, 2.45) is 5.73 Å². The van der Waals surface area contributed by atoms with E-state index in [1.54, 1.807) is 12.4 Å². The molecule has 1 aromatic carbocycles. The van der Waals surface area contributed by atoms with E-state index < -0.39 is 0 Å². The Labute approximate surface area is 151 Å². The van der Waals surface area contributed by atoms with Crippen LogP contribution in [0.2, 0.25) is 0 Å². The van der Waals surface area contributed by atoms with Gasteiger partial charge in [0.2, 0.25) is 5.91 Å². The Morgan fingerprint density at radius 2 is 2.00 bits per heavy atom. The maximum Gasteiger partial charge on any atom is 0.227 e. The number of amides is 1. The van der Waals surface area contributed by atoms with Gasteiger partial charge in [0, 0.05) is 37.9 Å². The van der Waals surface area contributed by atoms with Crippen molar-refractivity contribution in [2.45, 2.75) is 25.3 Å². The minimum absolute atomic E-state index is 0.162. The molecule has 1 amide bonds. The molecule has 1 aliphatic heterocycles. The number of aromatic nitrogens is 4. The monoisotopic (exact) mass is 350 g/mol. The lowest BCUT2D eigenvalue weighted by atomic mass is 10.0. The Morgan fingerprint density at radius 1 is 1.19 bits per heavy atom. The van der Waals surface area contributed by atoms with Crippen LogP contribution in [0.1, 0.15) is 23.6 Å². The van der Waals surface area contributed by atoms with E-state index in [4.69, 9.17) is 10.8 Å². The molecule has 0 radical (unpaired) electrons. The molecular formula is C19H22N6O. The third kappa shape index (κ3) is 3.17. The maximum absolute atomic E-state index is 12.6. The average Bonchev–Trinajstić information content (AvgIpc) is 3.28. The fourth-order valence-corrected chi connectivity index (χ4v) is 3.57. The van der Waals surface area contributed by atoms with Gasteiger partial charge in [0.25, 0.3) is 0 Å². The molecule has 3 heterocycles. The number of hydrogen-bond acceptors (Lipinski definition) is 5. The molecule has 1 saturated heterocycles. The van der Waals surface area contributed by atoms with Gasteiger partial charge >= 0.3 is 0 Å². The third-order valence-electron chi connectivity index (χ3n) is 4.86. The predicted octanol–water partition coefficient (Wildman–Crippen LogP) is 1.34. The quantitative estimate of drug-likeness (QED) is 0.750. The molecule has 0 saturated carbocycles. The van der Waals surface area contributed by atoms with Gasteiger partial charge in [-0.1, -0.05) is 30.3 Å². The van der Waals surface area contributed by atoms with Crippen molar-refractivity contribution in [3.05, 3.63) is 54.0 Å². The molecule has 7 nitrogen and oxygen atoms in total. The van der Waals surface area contributed by atoms with E-state index in [2.05, 4.69) is 9.97 Å². The number of carbonyl (C=O) groups excluding carboxylic acids is 1. The lowest BCUT2D eigenvalue weighted by molar-refractivity contribution is -0.129. The van der Waals surface area contributed by atoms with Crippen LogP contribution in [0.5, 0.6) is 0 Å². The highest BCUT2D eigenvalue weighted by atomic mass is 16.2. The predicted molar refractivity (Wildman–Crippen MR) is 98.5 cm³/mol. The molecule has 1 fully saturated rings. The van der Waals surface area contributed by atoms with Gasteiger partial charge < -0.3 is 10.6 Å². The fraction of sp³-hybridized carbons (Fsp3) is 0.368. The molecule has 1 aliphatic rings. The van der Waals surface area contributed by atoms with Crippen molar-refractivity contribution in [3.63, 3.8) is 0 Å². The molecule has 2 N–H and O–H groups in total. The molecule has 26 heavy (non-hydrogen) atoms. The van der Waals surface area contributed by atoms with Crippen LogP contribution in [-0.4, -0.2) is 50.2 Å². The van der Waals surface area contributed by atoms with Gasteiger partial charge in [-0.15, -0.1) is 0 Å². The number of rotatable bonds is 5. The van der Waals surface area contributed by atoms with Crippen LogP contribution in [0.25, 0.3) is 11.2 Å². The first kappa shape index (κ1) is 16.7. The van der Waals surface area contributed by atoms with Crippen LogP contribution >= 0.6 is 0 Å². The number of carbonyl (C=O) groups is 1. The zero-order chi connectivity index (χ0) is 17.9. The van der Waals surface area contributed by atoms with Gasteiger partial charge in [-0.2, -0.15) is 5.10 Å². The summed E-state index contributed by atoms with van der Waals surface area (Å²) in [5.74, 6) is 0.350. The Bertz CT molecular complexity index is 907. The molecule has 0 aliphatic carbocycles. The van der Waals surface area contributed by atoms with Crippen molar-refractivity contribution >= 4 is 17.1 Å². The maximum atomic E-state index is 12.6. The summed E-state index contributed by atoms with van der Waals surface area (Å²) in [6.07, 6.45) is 4.69. The van der Waals surface area contributed by atoms with E-state index >= 15 is 0 Å². The summed E-state index contributed by atoms with van der Waals surface area (Å²) in [5.41, 5.74) is 9.25. The second kappa shape index (κ2) is 7.21. The highest BCUT2D eigenvalue weighted by Gasteiger charge is 2.31. The average molecular weight is 350 g/mol. The molecule has 0 spiro atoms. The SMILES string of the molecule is NCCn1nc([C@H]2CCN(C(=O)Cc3ccccc3)C2)c2nccnc21. The number of fused-ring (bicyclic) bond motifs is 1. The van der Waals surface area contributed by atoms with E-state index in [9.17, 15) is 4.79 Å². The third-order valence-corrected chi connectivity index (χ3v) is 4.86. The molecule has 0 bridgehead atoms. The smallest absolute Gasteiger partial charge is 0.227 e. The first-order chi connectivity index (χ1) is 12.8. The van der Waals surface area contributed by atoms with Crippen LogP contribution in [-0.2, 0) is 17.8 Å². The number of nitrogens with two attached hydrogens (primary N) is 1. The second-order valence-electron chi connectivity index (χ2n) is 6.61. The Hall–Kier alpha value is -2.80. The van der Waals surface area contributed by atoms with Gasteiger partial charge in [-0.25, -0.2) is 14.6 Å². The van der Waals surface area contributed by atoms with Crippen molar-refractivity contribution in [3.8, 4) is 0 Å². The standard InChI is InChI=1S/C19H22N6O/c20-7-11-25-19-18(21-8-9-22-19)17(23-25)15-6-10-24(13-15)16(26)12-14-4-2-1-3-5-14/h1-5,8-9,15H,6-7,10-13,20H2/t15-/m0/s1. The number of hydrogen-bond donors (Lipinski definition) is 1.